The molecule has 7 nitrogen and oxygen atoms in total. The van der Waals surface area contributed by atoms with Gasteiger partial charge in [-0.1, -0.05) is 12.1 Å². The minimum atomic E-state index is -0.840. The number of hydrogen-bond donors (Lipinski definition) is 2. The number of H-pyrrole nitrogens is 1. The summed E-state index contributed by atoms with van der Waals surface area (Å²) in [6.07, 6.45) is 0. The molecule has 3 aromatic rings. The number of fused-ring (bicyclic) bond motifs is 1. The average Bonchev–Trinajstić information content (AvgIpc) is 2.63. The van der Waals surface area contributed by atoms with Crippen LogP contribution >= 0.6 is 0 Å². The van der Waals surface area contributed by atoms with Gasteiger partial charge in [-0.05, 0) is 30.3 Å². The Hall–Kier alpha value is -3.42. The van der Waals surface area contributed by atoms with E-state index in [1.165, 1.54) is 32.2 Å². The van der Waals surface area contributed by atoms with E-state index >= 15 is 0 Å². The van der Waals surface area contributed by atoms with Crippen LogP contribution in [0.4, 0.5) is 4.39 Å². The second-order valence-corrected chi connectivity index (χ2v) is 6.03. The van der Waals surface area contributed by atoms with Crippen molar-refractivity contribution in [2.45, 2.75) is 19.5 Å². The molecule has 0 radical (unpaired) electrons. The topological polar surface area (TPSA) is 93.2 Å². The van der Waals surface area contributed by atoms with Crippen molar-refractivity contribution in [1.82, 2.24) is 14.9 Å². The fourth-order valence-electron chi connectivity index (χ4n) is 2.99. The lowest BCUT2D eigenvalue weighted by atomic mass is 10.0. The van der Waals surface area contributed by atoms with Gasteiger partial charge in [0.15, 0.2) is 0 Å². The standard InChI is InChI=1S/C19H18FN3O4/c1-11(24)21-16(14-9-12(20)7-8-17(14)27-2)10-23-18(25)13-5-3-4-6-15(13)22-19(23)26/h3-9,16H,10H2,1-2H3,(H,21,24)(H,22,26). The second-order valence-electron chi connectivity index (χ2n) is 6.03. The molecule has 0 saturated carbocycles. The second kappa shape index (κ2) is 7.45. The van der Waals surface area contributed by atoms with Crippen molar-refractivity contribution in [3.05, 3.63) is 74.7 Å². The van der Waals surface area contributed by atoms with E-state index in [9.17, 15) is 18.8 Å². The molecule has 1 atom stereocenters. The smallest absolute Gasteiger partial charge is 0.328 e. The Labute approximate surface area is 153 Å². The van der Waals surface area contributed by atoms with Crippen molar-refractivity contribution in [2.75, 3.05) is 7.11 Å². The zero-order chi connectivity index (χ0) is 19.6. The molecule has 0 saturated heterocycles. The molecule has 0 bridgehead atoms. The Morgan fingerprint density at radius 3 is 2.70 bits per heavy atom. The molecule has 8 heteroatoms. The molecule has 0 aliphatic heterocycles. The number of hydrogen-bond acceptors (Lipinski definition) is 4. The predicted molar refractivity (Wildman–Crippen MR) is 98.3 cm³/mol. The summed E-state index contributed by atoms with van der Waals surface area (Å²) in [6.45, 7) is 1.12. The van der Waals surface area contributed by atoms with Gasteiger partial charge in [-0.3, -0.25) is 14.2 Å². The lowest BCUT2D eigenvalue weighted by Crippen LogP contribution is -2.40. The molecular weight excluding hydrogens is 353 g/mol. The van der Waals surface area contributed by atoms with Crippen LogP contribution in [-0.2, 0) is 11.3 Å². The Morgan fingerprint density at radius 2 is 2.00 bits per heavy atom. The summed E-state index contributed by atoms with van der Waals surface area (Å²) in [7, 11) is 1.41. The highest BCUT2D eigenvalue weighted by atomic mass is 19.1. The van der Waals surface area contributed by atoms with Crippen molar-refractivity contribution in [1.29, 1.82) is 0 Å². The van der Waals surface area contributed by atoms with Crippen molar-refractivity contribution >= 4 is 16.8 Å². The van der Waals surface area contributed by atoms with Crippen molar-refractivity contribution in [3.8, 4) is 5.75 Å². The fourth-order valence-corrected chi connectivity index (χ4v) is 2.99. The Kier molecular flexibility index (Phi) is 5.07. The highest BCUT2D eigenvalue weighted by Gasteiger charge is 2.21. The molecule has 1 heterocycles. The van der Waals surface area contributed by atoms with Crippen LogP contribution in [0.15, 0.2) is 52.1 Å². The fraction of sp³-hybridized carbons (Fsp3) is 0.211. The van der Waals surface area contributed by atoms with Crippen molar-refractivity contribution in [3.63, 3.8) is 0 Å². The molecule has 1 unspecified atom stereocenters. The molecule has 0 spiro atoms. The van der Waals surface area contributed by atoms with E-state index in [-0.39, 0.29) is 6.54 Å². The molecule has 1 aromatic heterocycles. The molecule has 0 fully saturated rings. The minimum Gasteiger partial charge on any atom is -0.496 e. The molecule has 2 aromatic carbocycles. The van der Waals surface area contributed by atoms with Gasteiger partial charge in [-0.2, -0.15) is 0 Å². The average molecular weight is 371 g/mol. The predicted octanol–water partition coefficient (Wildman–Crippen LogP) is 1.71. The monoisotopic (exact) mass is 371 g/mol. The van der Waals surface area contributed by atoms with Gasteiger partial charge in [0, 0.05) is 12.5 Å². The van der Waals surface area contributed by atoms with Gasteiger partial charge in [0.2, 0.25) is 5.91 Å². The lowest BCUT2D eigenvalue weighted by Gasteiger charge is -2.21. The Morgan fingerprint density at radius 1 is 1.26 bits per heavy atom. The number of nitrogens with one attached hydrogen (secondary N) is 2. The number of rotatable bonds is 5. The summed E-state index contributed by atoms with van der Waals surface area (Å²) < 4.78 is 20.0. The van der Waals surface area contributed by atoms with Crippen LogP contribution in [-0.4, -0.2) is 22.6 Å². The van der Waals surface area contributed by atoms with E-state index < -0.39 is 29.0 Å². The third-order valence-electron chi connectivity index (χ3n) is 4.20. The first-order valence-corrected chi connectivity index (χ1v) is 8.23. The van der Waals surface area contributed by atoms with Crippen molar-refractivity contribution < 1.29 is 13.9 Å². The number of halogens is 1. The third kappa shape index (κ3) is 3.74. The minimum absolute atomic E-state index is 0.182. The number of aromatic nitrogens is 2. The van der Waals surface area contributed by atoms with E-state index in [0.717, 1.165) is 4.57 Å². The van der Waals surface area contributed by atoms with Gasteiger partial charge in [0.25, 0.3) is 5.56 Å². The molecular formula is C19H18FN3O4. The number of para-hydroxylation sites is 1. The summed E-state index contributed by atoms with van der Waals surface area (Å²) >= 11 is 0. The zero-order valence-corrected chi connectivity index (χ0v) is 14.8. The highest BCUT2D eigenvalue weighted by molar-refractivity contribution is 5.77. The molecule has 3 rings (SSSR count). The van der Waals surface area contributed by atoms with E-state index in [2.05, 4.69) is 10.3 Å². The van der Waals surface area contributed by atoms with Crippen LogP contribution in [0.1, 0.15) is 18.5 Å². The van der Waals surface area contributed by atoms with E-state index in [4.69, 9.17) is 4.74 Å². The van der Waals surface area contributed by atoms with Crippen LogP contribution < -0.4 is 21.3 Å². The van der Waals surface area contributed by atoms with Gasteiger partial charge < -0.3 is 15.0 Å². The quantitative estimate of drug-likeness (QED) is 0.714. The number of ether oxygens (including phenoxy) is 1. The first kappa shape index (κ1) is 18.4. The van der Waals surface area contributed by atoms with Crippen molar-refractivity contribution in [2.24, 2.45) is 0 Å². The highest BCUT2D eigenvalue weighted by Crippen LogP contribution is 2.27. The van der Waals surface area contributed by atoms with E-state index in [0.29, 0.717) is 22.2 Å². The van der Waals surface area contributed by atoms with E-state index in [1.807, 2.05) is 0 Å². The van der Waals surface area contributed by atoms with Crippen LogP contribution in [0.25, 0.3) is 10.9 Å². The normalized spacial score (nSPS) is 12.0. The molecule has 2 N–H and O–H groups in total. The summed E-state index contributed by atoms with van der Waals surface area (Å²) in [6, 6.07) is 9.64. The van der Waals surface area contributed by atoms with Crippen LogP contribution in [0, 0.1) is 5.82 Å². The van der Waals surface area contributed by atoms with Crippen LogP contribution in [0.2, 0.25) is 0 Å². The molecule has 27 heavy (non-hydrogen) atoms. The van der Waals surface area contributed by atoms with Gasteiger partial charge in [0.05, 0.1) is 30.6 Å². The summed E-state index contributed by atoms with van der Waals surface area (Å²) in [5.41, 5.74) is -0.375. The number of benzene rings is 2. The summed E-state index contributed by atoms with van der Waals surface area (Å²) in [5.74, 6) is -0.585. The van der Waals surface area contributed by atoms with Crippen LogP contribution in [0.3, 0.4) is 0 Å². The van der Waals surface area contributed by atoms with Crippen LogP contribution in [0.5, 0.6) is 5.75 Å². The summed E-state index contributed by atoms with van der Waals surface area (Å²) in [5, 5.41) is 2.99. The number of amides is 1. The van der Waals surface area contributed by atoms with E-state index in [1.54, 1.807) is 24.3 Å². The maximum atomic E-state index is 13.8. The Balaban J connectivity index is 2.13. The number of nitrogens with zero attached hydrogens (tertiary/aromatic N) is 1. The molecule has 140 valence electrons. The van der Waals surface area contributed by atoms with Gasteiger partial charge >= 0.3 is 5.69 Å². The zero-order valence-electron chi connectivity index (χ0n) is 14.8. The number of aromatic amines is 1. The molecule has 1 amide bonds. The molecule has 0 aliphatic rings. The maximum Gasteiger partial charge on any atom is 0.328 e. The first-order valence-electron chi connectivity index (χ1n) is 8.23. The number of carbonyl (C=O) groups is 1. The lowest BCUT2D eigenvalue weighted by molar-refractivity contribution is -0.119. The van der Waals surface area contributed by atoms with Gasteiger partial charge in [0.1, 0.15) is 11.6 Å². The molecule has 0 aliphatic carbocycles. The SMILES string of the molecule is COc1ccc(F)cc1C(Cn1c(=O)[nH]c2ccccc2c1=O)NC(C)=O. The maximum absolute atomic E-state index is 13.8. The first-order chi connectivity index (χ1) is 12.9. The third-order valence-corrected chi connectivity index (χ3v) is 4.20. The summed E-state index contributed by atoms with van der Waals surface area (Å²) in [4.78, 5) is 39.5. The van der Waals surface area contributed by atoms with Gasteiger partial charge in [-0.25, -0.2) is 9.18 Å². The number of methoxy groups -OCH3 is 1. The largest absolute Gasteiger partial charge is 0.496 e. The number of carbonyl (C=O) groups excluding carboxylic acids is 1. The van der Waals surface area contributed by atoms with Gasteiger partial charge in [-0.15, -0.1) is 0 Å². The Bertz CT molecular complexity index is 1120.